The number of allylic oxidation sites excluding steroid dienone is 1. The quantitative estimate of drug-likeness (QED) is 0.886. The zero-order chi connectivity index (χ0) is 15.9. The Hall–Kier alpha value is -2.74. The lowest BCUT2D eigenvalue weighted by molar-refractivity contribution is 0.534. The number of aromatic nitrogens is 1. The molecule has 3 N–H and O–H groups in total. The molecule has 0 radical (unpaired) electrons. The number of nitriles is 1. The van der Waals surface area contributed by atoms with Crippen molar-refractivity contribution in [3.05, 3.63) is 58.4 Å². The molecule has 0 fully saturated rings. The second-order valence-corrected chi connectivity index (χ2v) is 5.77. The molecule has 0 amide bonds. The molecule has 5 heteroatoms. The Balaban J connectivity index is 2.12. The highest BCUT2D eigenvalue weighted by molar-refractivity contribution is 5.61. The Kier molecular flexibility index (Phi) is 3.38. The monoisotopic (exact) mass is 294 g/mol. The number of fused-ring (bicyclic) bond motifs is 1. The molecule has 1 aromatic carbocycles. The van der Waals surface area contributed by atoms with Gasteiger partial charge in [-0.15, -0.1) is 0 Å². The first kappa shape index (κ1) is 14.2. The van der Waals surface area contributed by atoms with Gasteiger partial charge in [-0.25, -0.2) is 4.98 Å². The molecule has 5 nitrogen and oxygen atoms in total. The van der Waals surface area contributed by atoms with E-state index < -0.39 is 0 Å². The summed E-state index contributed by atoms with van der Waals surface area (Å²) in [6.07, 6.45) is 0. The van der Waals surface area contributed by atoms with Crippen LogP contribution in [0.3, 0.4) is 0 Å². The number of oxazole rings is 1. The van der Waals surface area contributed by atoms with Crippen LogP contribution in [0.15, 0.2) is 40.1 Å². The Morgan fingerprint density at radius 3 is 2.59 bits per heavy atom. The maximum Gasteiger partial charge on any atom is 0.223 e. The number of nitrogens with zero attached hydrogens (tertiary/aromatic N) is 2. The van der Waals surface area contributed by atoms with Crippen molar-refractivity contribution in [2.24, 2.45) is 5.73 Å². The van der Waals surface area contributed by atoms with Crippen LogP contribution in [-0.2, 0) is 0 Å². The van der Waals surface area contributed by atoms with E-state index in [4.69, 9.17) is 10.2 Å². The summed E-state index contributed by atoms with van der Waals surface area (Å²) in [7, 11) is 0. The third kappa shape index (κ3) is 2.23. The first-order chi connectivity index (χ1) is 10.5. The maximum absolute atomic E-state index is 9.48. The van der Waals surface area contributed by atoms with Gasteiger partial charge in [0, 0.05) is 6.92 Å². The number of rotatable bonds is 2. The van der Waals surface area contributed by atoms with E-state index in [1.165, 1.54) is 5.56 Å². The van der Waals surface area contributed by atoms with Crippen molar-refractivity contribution < 1.29 is 4.42 Å². The summed E-state index contributed by atoms with van der Waals surface area (Å²) in [6.45, 7) is 6.08. The lowest BCUT2D eigenvalue weighted by Gasteiger charge is -2.22. The van der Waals surface area contributed by atoms with Crippen LogP contribution in [0.25, 0.3) is 0 Å². The van der Waals surface area contributed by atoms with Gasteiger partial charge >= 0.3 is 0 Å². The Morgan fingerprint density at radius 2 is 2.00 bits per heavy atom. The molecule has 1 atom stereocenters. The van der Waals surface area contributed by atoms with Crippen LogP contribution in [0.5, 0.6) is 0 Å². The van der Waals surface area contributed by atoms with E-state index in [0.29, 0.717) is 34.8 Å². The molecule has 22 heavy (non-hydrogen) atoms. The summed E-state index contributed by atoms with van der Waals surface area (Å²) in [5.41, 5.74) is 9.40. The topological polar surface area (TPSA) is 87.9 Å². The predicted molar refractivity (Wildman–Crippen MR) is 84.1 cm³/mol. The normalized spacial score (nSPS) is 17.1. The number of hydrogen-bond donors (Lipinski definition) is 2. The number of nitrogens with two attached hydrogens (primary N) is 1. The molecular formula is C17H18N4O. The molecule has 1 aromatic heterocycles. The summed E-state index contributed by atoms with van der Waals surface area (Å²) < 4.78 is 5.54. The second kappa shape index (κ2) is 5.23. The van der Waals surface area contributed by atoms with E-state index in [-0.39, 0.29) is 5.92 Å². The molecule has 2 aromatic rings. The largest absolute Gasteiger partial charge is 0.425 e. The number of aryl methyl sites for hydroxylation is 1. The van der Waals surface area contributed by atoms with E-state index in [1.54, 1.807) is 6.92 Å². The highest BCUT2D eigenvalue weighted by atomic mass is 16.4. The number of benzene rings is 1. The van der Waals surface area contributed by atoms with Gasteiger partial charge in [0.2, 0.25) is 5.88 Å². The van der Waals surface area contributed by atoms with Crippen LogP contribution < -0.4 is 11.1 Å². The van der Waals surface area contributed by atoms with Crippen molar-refractivity contribution >= 4 is 5.88 Å². The molecular weight excluding hydrogens is 276 g/mol. The number of anilines is 1. The van der Waals surface area contributed by atoms with E-state index in [9.17, 15) is 5.26 Å². The first-order valence-electron chi connectivity index (χ1n) is 7.25. The fourth-order valence-electron chi connectivity index (χ4n) is 2.73. The molecule has 0 saturated heterocycles. The van der Waals surface area contributed by atoms with Crippen molar-refractivity contribution in [3.8, 4) is 6.07 Å². The van der Waals surface area contributed by atoms with Gasteiger partial charge in [0.05, 0.1) is 17.6 Å². The van der Waals surface area contributed by atoms with Crippen molar-refractivity contribution in [1.29, 1.82) is 5.26 Å². The molecule has 0 saturated carbocycles. The Morgan fingerprint density at radius 1 is 1.32 bits per heavy atom. The SMILES string of the molecule is Cc1nc2c(o1)NC(N)=C(C#N)C2c1ccc(C(C)C)cc1. The van der Waals surface area contributed by atoms with E-state index in [2.05, 4.69) is 42.4 Å². The van der Waals surface area contributed by atoms with Crippen molar-refractivity contribution in [2.75, 3.05) is 5.32 Å². The molecule has 0 aliphatic carbocycles. The lowest BCUT2D eigenvalue weighted by atomic mass is 9.86. The van der Waals surface area contributed by atoms with Crippen LogP contribution in [0, 0.1) is 18.3 Å². The number of hydrogen-bond acceptors (Lipinski definition) is 5. The highest BCUT2D eigenvalue weighted by Crippen LogP contribution is 2.40. The Bertz CT molecular complexity index is 778. The standard InChI is InChI=1S/C17H18N4O/c1-9(2)11-4-6-12(7-5-11)14-13(8-18)16(19)21-17-15(14)20-10(3)22-17/h4-7,9,14,21H,19H2,1-3H3. The molecule has 0 spiro atoms. The summed E-state index contributed by atoms with van der Waals surface area (Å²) in [5, 5.41) is 12.4. The smallest absolute Gasteiger partial charge is 0.223 e. The van der Waals surface area contributed by atoms with E-state index in [1.807, 2.05) is 12.1 Å². The average Bonchev–Trinajstić information content (AvgIpc) is 2.85. The molecule has 1 aliphatic heterocycles. The molecule has 112 valence electrons. The van der Waals surface area contributed by atoms with Gasteiger partial charge in [-0.2, -0.15) is 5.26 Å². The van der Waals surface area contributed by atoms with Crippen LogP contribution in [-0.4, -0.2) is 4.98 Å². The van der Waals surface area contributed by atoms with Gasteiger partial charge in [-0.1, -0.05) is 38.1 Å². The minimum Gasteiger partial charge on any atom is -0.425 e. The van der Waals surface area contributed by atoms with Crippen molar-refractivity contribution in [2.45, 2.75) is 32.6 Å². The Labute approximate surface area is 129 Å². The van der Waals surface area contributed by atoms with Gasteiger partial charge in [-0.05, 0) is 17.0 Å². The third-order valence-electron chi connectivity index (χ3n) is 3.92. The average molecular weight is 294 g/mol. The molecule has 1 unspecified atom stereocenters. The summed E-state index contributed by atoms with van der Waals surface area (Å²) in [6, 6.07) is 10.4. The predicted octanol–water partition coefficient (Wildman–Crippen LogP) is 3.36. The molecule has 1 aliphatic rings. The zero-order valence-corrected chi connectivity index (χ0v) is 12.8. The van der Waals surface area contributed by atoms with Crippen molar-refractivity contribution in [3.63, 3.8) is 0 Å². The van der Waals surface area contributed by atoms with Crippen LogP contribution in [0.4, 0.5) is 5.88 Å². The van der Waals surface area contributed by atoms with Crippen LogP contribution >= 0.6 is 0 Å². The van der Waals surface area contributed by atoms with Gasteiger partial charge in [0.15, 0.2) is 5.89 Å². The zero-order valence-electron chi connectivity index (χ0n) is 12.8. The number of nitrogens with one attached hydrogen (secondary N) is 1. The minimum absolute atomic E-state index is 0.292. The molecule has 3 rings (SSSR count). The highest BCUT2D eigenvalue weighted by Gasteiger charge is 2.33. The van der Waals surface area contributed by atoms with Gasteiger partial charge in [-0.3, -0.25) is 0 Å². The van der Waals surface area contributed by atoms with Crippen LogP contribution in [0.2, 0.25) is 0 Å². The fraction of sp³-hybridized carbons (Fsp3) is 0.294. The fourth-order valence-corrected chi connectivity index (χ4v) is 2.73. The minimum atomic E-state index is -0.292. The van der Waals surface area contributed by atoms with Gasteiger partial charge < -0.3 is 15.5 Å². The van der Waals surface area contributed by atoms with Gasteiger partial charge in [0.25, 0.3) is 0 Å². The van der Waals surface area contributed by atoms with E-state index in [0.717, 1.165) is 5.56 Å². The van der Waals surface area contributed by atoms with E-state index >= 15 is 0 Å². The molecule has 0 bridgehead atoms. The molecule has 2 heterocycles. The summed E-state index contributed by atoms with van der Waals surface area (Å²) in [4.78, 5) is 4.43. The van der Waals surface area contributed by atoms with Crippen LogP contribution in [0.1, 0.15) is 48.4 Å². The third-order valence-corrected chi connectivity index (χ3v) is 3.92. The second-order valence-electron chi connectivity index (χ2n) is 5.77. The first-order valence-corrected chi connectivity index (χ1v) is 7.25. The summed E-state index contributed by atoms with van der Waals surface area (Å²) in [5.74, 6) is 1.56. The summed E-state index contributed by atoms with van der Waals surface area (Å²) >= 11 is 0. The maximum atomic E-state index is 9.48. The van der Waals surface area contributed by atoms with Crippen molar-refractivity contribution in [1.82, 2.24) is 4.98 Å². The van der Waals surface area contributed by atoms with Gasteiger partial charge in [0.1, 0.15) is 11.5 Å². The lowest BCUT2D eigenvalue weighted by Crippen LogP contribution is -2.22.